The number of hydrogen-bond acceptors (Lipinski definition) is 6. The predicted octanol–water partition coefficient (Wildman–Crippen LogP) is 2.64. The number of benzene rings is 2. The van der Waals surface area contributed by atoms with Crippen molar-refractivity contribution in [3.63, 3.8) is 0 Å². The lowest BCUT2D eigenvalue weighted by Crippen LogP contribution is -1.97. The van der Waals surface area contributed by atoms with Crippen LogP contribution in [0.1, 0.15) is 11.1 Å². The molecule has 2 aromatic carbocycles. The highest BCUT2D eigenvalue weighted by molar-refractivity contribution is 5.62. The number of hydrogen-bond donors (Lipinski definition) is 1. The molecule has 0 bridgehead atoms. The molecule has 2 aromatic rings. The fourth-order valence-corrected chi connectivity index (χ4v) is 2.83. The number of fused-ring (bicyclic) bond motifs is 2. The van der Waals surface area contributed by atoms with Crippen molar-refractivity contribution in [2.75, 3.05) is 20.7 Å². The van der Waals surface area contributed by atoms with E-state index in [2.05, 4.69) is 0 Å². The predicted molar refractivity (Wildman–Crippen MR) is 80.8 cm³/mol. The first kappa shape index (κ1) is 13.9. The van der Waals surface area contributed by atoms with Gasteiger partial charge in [0, 0.05) is 11.6 Å². The van der Waals surface area contributed by atoms with Gasteiger partial charge in [0.2, 0.25) is 19.3 Å². The molecule has 2 aliphatic heterocycles. The Hall–Kier alpha value is -2.76. The molecule has 0 unspecified atom stereocenters. The number of rotatable bonds is 4. The molecule has 0 aliphatic carbocycles. The molecule has 2 aliphatic rings. The van der Waals surface area contributed by atoms with Crippen molar-refractivity contribution in [1.29, 1.82) is 0 Å². The fourth-order valence-electron chi connectivity index (χ4n) is 2.83. The van der Waals surface area contributed by atoms with E-state index >= 15 is 0 Å². The molecule has 0 atom stereocenters. The Morgan fingerprint density at radius 2 is 1.74 bits per heavy atom. The van der Waals surface area contributed by atoms with Gasteiger partial charge in [-0.15, -0.1) is 0 Å². The average Bonchev–Trinajstić information content (AvgIpc) is 3.22. The lowest BCUT2D eigenvalue weighted by atomic mass is 10.0. The number of aromatic hydroxyl groups is 1. The van der Waals surface area contributed by atoms with Gasteiger partial charge in [-0.25, -0.2) is 0 Å². The SMILES string of the molecule is COc1cc2c(c(O)c1CCc1ccc3c(c1)OCO3)OCO2. The van der Waals surface area contributed by atoms with Gasteiger partial charge in [0.05, 0.1) is 7.11 Å². The topological polar surface area (TPSA) is 66.4 Å². The maximum absolute atomic E-state index is 10.4. The van der Waals surface area contributed by atoms with Crippen LogP contribution in [-0.2, 0) is 12.8 Å². The first-order chi connectivity index (χ1) is 11.3. The van der Waals surface area contributed by atoms with Gasteiger partial charge in [0.15, 0.2) is 23.0 Å². The van der Waals surface area contributed by atoms with Crippen LogP contribution in [0, 0.1) is 0 Å². The standard InChI is InChI=1S/C17H16O6/c1-19-13-7-15-17(23-9-22-15)16(18)11(13)4-2-10-3-5-12-14(6-10)21-8-20-12/h3,5-7,18H,2,4,8-9H2,1H3. The zero-order valence-electron chi connectivity index (χ0n) is 12.6. The Kier molecular flexibility index (Phi) is 3.29. The summed E-state index contributed by atoms with van der Waals surface area (Å²) < 4.78 is 26.7. The summed E-state index contributed by atoms with van der Waals surface area (Å²) in [5, 5.41) is 10.4. The summed E-state index contributed by atoms with van der Waals surface area (Å²) in [4.78, 5) is 0. The number of phenolic OH excluding ortho intramolecular Hbond substituents is 1. The van der Waals surface area contributed by atoms with Gasteiger partial charge in [-0.1, -0.05) is 6.07 Å². The third-order valence-electron chi connectivity index (χ3n) is 4.02. The third-order valence-corrected chi connectivity index (χ3v) is 4.02. The molecule has 4 rings (SSSR count). The van der Waals surface area contributed by atoms with Gasteiger partial charge in [0.1, 0.15) is 5.75 Å². The van der Waals surface area contributed by atoms with E-state index in [9.17, 15) is 5.11 Å². The first-order valence-electron chi connectivity index (χ1n) is 7.33. The molecular formula is C17H16O6. The first-order valence-corrected chi connectivity index (χ1v) is 7.33. The largest absolute Gasteiger partial charge is 0.504 e. The van der Waals surface area contributed by atoms with Crippen molar-refractivity contribution in [2.24, 2.45) is 0 Å². The van der Waals surface area contributed by atoms with Crippen LogP contribution in [0.4, 0.5) is 0 Å². The van der Waals surface area contributed by atoms with E-state index in [0.29, 0.717) is 29.2 Å². The molecule has 0 radical (unpaired) electrons. The minimum Gasteiger partial charge on any atom is -0.504 e. The molecule has 0 aromatic heterocycles. The number of ether oxygens (including phenoxy) is 5. The monoisotopic (exact) mass is 316 g/mol. The van der Waals surface area contributed by atoms with Crippen LogP contribution < -0.4 is 23.7 Å². The molecule has 0 saturated carbocycles. The van der Waals surface area contributed by atoms with Crippen molar-refractivity contribution >= 4 is 0 Å². The van der Waals surface area contributed by atoms with Crippen LogP contribution >= 0.6 is 0 Å². The molecule has 0 fully saturated rings. The van der Waals surface area contributed by atoms with Crippen LogP contribution in [0.2, 0.25) is 0 Å². The highest BCUT2D eigenvalue weighted by Gasteiger charge is 2.24. The lowest BCUT2D eigenvalue weighted by Gasteiger charge is -2.12. The van der Waals surface area contributed by atoms with Gasteiger partial charge in [0.25, 0.3) is 0 Å². The zero-order chi connectivity index (χ0) is 15.8. The Balaban J connectivity index is 1.59. The summed E-state index contributed by atoms with van der Waals surface area (Å²) in [6, 6.07) is 7.59. The molecule has 2 heterocycles. The van der Waals surface area contributed by atoms with Gasteiger partial charge in [-0.2, -0.15) is 0 Å². The van der Waals surface area contributed by atoms with Gasteiger partial charge >= 0.3 is 0 Å². The van der Waals surface area contributed by atoms with Crippen molar-refractivity contribution in [2.45, 2.75) is 12.8 Å². The van der Waals surface area contributed by atoms with Gasteiger partial charge < -0.3 is 28.8 Å². The molecule has 6 heteroatoms. The van der Waals surface area contributed by atoms with Crippen LogP contribution in [0.3, 0.4) is 0 Å². The van der Waals surface area contributed by atoms with Crippen molar-refractivity contribution in [3.05, 3.63) is 35.4 Å². The van der Waals surface area contributed by atoms with Gasteiger partial charge in [-0.3, -0.25) is 0 Å². The van der Waals surface area contributed by atoms with Crippen LogP contribution in [0.5, 0.6) is 34.5 Å². The van der Waals surface area contributed by atoms with E-state index in [0.717, 1.165) is 23.5 Å². The number of phenols is 1. The average molecular weight is 316 g/mol. The van der Waals surface area contributed by atoms with E-state index in [1.54, 1.807) is 13.2 Å². The summed E-state index contributed by atoms with van der Waals surface area (Å²) in [5.74, 6) is 3.07. The lowest BCUT2D eigenvalue weighted by molar-refractivity contribution is 0.171. The summed E-state index contributed by atoms with van der Waals surface area (Å²) in [6.07, 6.45) is 1.32. The fraction of sp³-hybridized carbons (Fsp3) is 0.294. The second-order valence-corrected chi connectivity index (χ2v) is 5.33. The molecule has 0 spiro atoms. The van der Waals surface area contributed by atoms with E-state index in [-0.39, 0.29) is 19.3 Å². The zero-order valence-corrected chi connectivity index (χ0v) is 12.6. The van der Waals surface area contributed by atoms with Crippen LogP contribution in [0.15, 0.2) is 24.3 Å². The van der Waals surface area contributed by atoms with E-state index in [1.807, 2.05) is 18.2 Å². The molecule has 0 amide bonds. The normalized spacial score (nSPS) is 14.1. The Bertz CT molecular complexity index is 755. The summed E-state index contributed by atoms with van der Waals surface area (Å²) in [7, 11) is 1.57. The highest BCUT2D eigenvalue weighted by Crippen LogP contribution is 2.47. The molecule has 0 saturated heterocycles. The maximum atomic E-state index is 10.4. The molecule has 1 N–H and O–H groups in total. The summed E-state index contributed by atoms with van der Waals surface area (Å²) >= 11 is 0. The molecule has 6 nitrogen and oxygen atoms in total. The van der Waals surface area contributed by atoms with E-state index < -0.39 is 0 Å². The molecule has 23 heavy (non-hydrogen) atoms. The Labute approximate surface area is 133 Å². The molecule has 120 valence electrons. The Morgan fingerprint density at radius 1 is 0.957 bits per heavy atom. The van der Waals surface area contributed by atoms with Gasteiger partial charge in [-0.05, 0) is 30.5 Å². The quantitative estimate of drug-likeness (QED) is 0.935. The van der Waals surface area contributed by atoms with Crippen LogP contribution in [0.25, 0.3) is 0 Å². The smallest absolute Gasteiger partial charge is 0.231 e. The second-order valence-electron chi connectivity index (χ2n) is 5.33. The van der Waals surface area contributed by atoms with Crippen molar-refractivity contribution in [3.8, 4) is 34.5 Å². The second kappa shape index (κ2) is 5.46. The number of aryl methyl sites for hydroxylation is 1. The summed E-state index contributed by atoms with van der Waals surface area (Å²) in [5.41, 5.74) is 1.79. The molecular weight excluding hydrogens is 300 g/mol. The third kappa shape index (κ3) is 2.36. The summed E-state index contributed by atoms with van der Waals surface area (Å²) in [6.45, 7) is 0.368. The highest BCUT2D eigenvalue weighted by atomic mass is 16.7. The van der Waals surface area contributed by atoms with E-state index in [4.69, 9.17) is 23.7 Å². The maximum Gasteiger partial charge on any atom is 0.231 e. The van der Waals surface area contributed by atoms with Crippen molar-refractivity contribution < 1.29 is 28.8 Å². The van der Waals surface area contributed by atoms with Crippen molar-refractivity contribution in [1.82, 2.24) is 0 Å². The van der Waals surface area contributed by atoms with Crippen LogP contribution in [-0.4, -0.2) is 25.8 Å². The minimum absolute atomic E-state index is 0.0811. The Morgan fingerprint density at radius 3 is 2.61 bits per heavy atom. The number of methoxy groups -OCH3 is 1. The van der Waals surface area contributed by atoms with E-state index in [1.165, 1.54) is 0 Å². The minimum atomic E-state index is 0.0811.